The lowest BCUT2D eigenvalue weighted by Crippen LogP contribution is -2.33. The van der Waals surface area contributed by atoms with Crippen molar-refractivity contribution in [3.8, 4) is 0 Å². The quantitative estimate of drug-likeness (QED) is 0.391. The van der Waals surface area contributed by atoms with E-state index in [0.717, 1.165) is 17.8 Å². The SMILES string of the molecule is CCCCCCCC(=O)N(CCOC)Cc1nc(C(=O)OCC)cs1. The van der Waals surface area contributed by atoms with Gasteiger partial charge in [-0.2, -0.15) is 0 Å². The van der Waals surface area contributed by atoms with E-state index in [4.69, 9.17) is 9.47 Å². The fraction of sp³-hybridized carbons (Fsp3) is 0.722. The fourth-order valence-corrected chi connectivity index (χ4v) is 3.15. The van der Waals surface area contributed by atoms with E-state index in [2.05, 4.69) is 11.9 Å². The fourth-order valence-electron chi connectivity index (χ4n) is 2.38. The Bertz CT molecular complexity index is 519. The van der Waals surface area contributed by atoms with Crippen LogP contribution in [-0.4, -0.2) is 48.6 Å². The molecule has 0 aliphatic carbocycles. The third kappa shape index (κ3) is 8.45. The van der Waals surface area contributed by atoms with Crippen LogP contribution >= 0.6 is 11.3 Å². The summed E-state index contributed by atoms with van der Waals surface area (Å²) in [6.45, 7) is 5.67. The molecule has 6 nitrogen and oxygen atoms in total. The molecule has 1 rings (SSSR count). The van der Waals surface area contributed by atoms with Crippen LogP contribution in [0.1, 0.15) is 67.9 Å². The predicted octanol–water partition coefficient (Wildman–Crippen LogP) is 3.66. The van der Waals surface area contributed by atoms with Gasteiger partial charge < -0.3 is 14.4 Å². The first kappa shape index (κ1) is 21.6. The van der Waals surface area contributed by atoms with Gasteiger partial charge in [0.1, 0.15) is 5.01 Å². The van der Waals surface area contributed by atoms with Crippen molar-refractivity contribution in [1.82, 2.24) is 9.88 Å². The third-order valence-corrected chi connectivity index (χ3v) is 4.61. The predicted molar refractivity (Wildman–Crippen MR) is 98.7 cm³/mol. The van der Waals surface area contributed by atoms with Crippen molar-refractivity contribution in [3.05, 3.63) is 16.1 Å². The van der Waals surface area contributed by atoms with E-state index in [1.807, 2.05) is 0 Å². The topological polar surface area (TPSA) is 68.7 Å². The van der Waals surface area contributed by atoms with Gasteiger partial charge in [-0.25, -0.2) is 9.78 Å². The highest BCUT2D eigenvalue weighted by Gasteiger charge is 2.17. The first-order chi connectivity index (χ1) is 12.1. The van der Waals surface area contributed by atoms with Crippen molar-refractivity contribution in [3.63, 3.8) is 0 Å². The Kier molecular flexibility index (Phi) is 11.1. The lowest BCUT2D eigenvalue weighted by molar-refractivity contribution is -0.132. The number of unbranched alkanes of at least 4 members (excludes halogenated alkanes) is 4. The van der Waals surface area contributed by atoms with Crippen molar-refractivity contribution in [2.24, 2.45) is 0 Å². The smallest absolute Gasteiger partial charge is 0.357 e. The summed E-state index contributed by atoms with van der Waals surface area (Å²) in [5.74, 6) is -0.308. The van der Waals surface area contributed by atoms with Crippen molar-refractivity contribution in [2.75, 3.05) is 26.9 Å². The number of amides is 1. The van der Waals surface area contributed by atoms with Crippen LogP contribution in [0, 0.1) is 0 Å². The molecule has 0 aliphatic heterocycles. The molecule has 1 amide bonds. The Hall–Kier alpha value is -1.47. The van der Waals surface area contributed by atoms with E-state index < -0.39 is 5.97 Å². The molecule has 0 radical (unpaired) electrons. The molecule has 0 N–H and O–H groups in total. The van der Waals surface area contributed by atoms with Crippen LogP contribution in [0.15, 0.2) is 5.38 Å². The molecule has 0 atom stereocenters. The van der Waals surface area contributed by atoms with Gasteiger partial charge >= 0.3 is 5.97 Å². The second-order valence-electron chi connectivity index (χ2n) is 5.82. The van der Waals surface area contributed by atoms with Crippen LogP contribution in [0.5, 0.6) is 0 Å². The maximum Gasteiger partial charge on any atom is 0.357 e. The van der Waals surface area contributed by atoms with Crippen LogP contribution in [-0.2, 0) is 20.8 Å². The highest BCUT2D eigenvalue weighted by Crippen LogP contribution is 2.15. The van der Waals surface area contributed by atoms with Gasteiger partial charge in [0.05, 0.1) is 19.8 Å². The standard InChI is InChI=1S/C18H30N2O4S/c1-4-6-7-8-9-10-17(21)20(11-12-23-3)13-16-19-15(14-25-16)18(22)24-5-2/h14H,4-13H2,1-3H3. The van der Waals surface area contributed by atoms with Gasteiger partial charge in [0.2, 0.25) is 5.91 Å². The zero-order valence-electron chi connectivity index (χ0n) is 15.6. The van der Waals surface area contributed by atoms with Crippen LogP contribution in [0.3, 0.4) is 0 Å². The van der Waals surface area contributed by atoms with Crippen molar-refractivity contribution >= 4 is 23.2 Å². The zero-order valence-corrected chi connectivity index (χ0v) is 16.4. The molecular formula is C18H30N2O4S. The Morgan fingerprint density at radius 3 is 2.64 bits per heavy atom. The second kappa shape index (κ2) is 12.8. The van der Waals surface area contributed by atoms with Gasteiger partial charge in [0, 0.05) is 25.5 Å². The maximum atomic E-state index is 12.5. The molecule has 0 bridgehead atoms. The summed E-state index contributed by atoms with van der Waals surface area (Å²) in [5, 5.41) is 2.41. The molecule has 0 saturated carbocycles. The highest BCUT2D eigenvalue weighted by atomic mass is 32.1. The van der Waals surface area contributed by atoms with Gasteiger partial charge in [0.15, 0.2) is 5.69 Å². The molecule has 1 aromatic heterocycles. The summed E-state index contributed by atoms with van der Waals surface area (Å²) in [4.78, 5) is 30.2. The average molecular weight is 371 g/mol. The summed E-state index contributed by atoms with van der Waals surface area (Å²) in [7, 11) is 1.62. The molecular weight excluding hydrogens is 340 g/mol. The summed E-state index contributed by atoms with van der Waals surface area (Å²) >= 11 is 1.37. The van der Waals surface area contributed by atoms with Gasteiger partial charge in [-0.3, -0.25) is 4.79 Å². The summed E-state index contributed by atoms with van der Waals surface area (Å²) in [6.07, 6.45) is 6.13. The van der Waals surface area contributed by atoms with Crippen molar-refractivity contribution < 1.29 is 19.1 Å². The summed E-state index contributed by atoms with van der Waals surface area (Å²) in [6, 6.07) is 0. The first-order valence-electron chi connectivity index (χ1n) is 9.00. The van der Waals surface area contributed by atoms with E-state index in [1.165, 1.54) is 30.6 Å². The third-order valence-electron chi connectivity index (χ3n) is 3.77. The zero-order chi connectivity index (χ0) is 18.5. The number of nitrogens with zero attached hydrogens (tertiary/aromatic N) is 2. The molecule has 142 valence electrons. The Morgan fingerprint density at radius 2 is 1.96 bits per heavy atom. The number of esters is 1. The van der Waals surface area contributed by atoms with Crippen LogP contribution in [0.25, 0.3) is 0 Å². The summed E-state index contributed by atoms with van der Waals surface area (Å²) in [5.41, 5.74) is 0.306. The lowest BCUT2D eigenvalue weighted by atomic mass is 10.1. The number of carbonyl (C=O) groups excluding carboxylic acids is 2. The average Bonchev–Trinajstić information content (AvgIpc) is 3.07. The van der Waals surface area contributed by atoms with Gasteiger partial charge in [-0.15, -0.1) is 11.3 Å². The number of ether oxygens (including phenoxy) is 2. The van der Waals surface area contributed by atoms with Gasteiger partial charge in [-0.05, 0) is 13.3 Å². The van der Waals surface area contributed by atoms with E-state index in [1.54, 1.807) is 24.3 Å². The molecule has 0 aromatic carbocycles. The van der Waals surface area contributed by atoms with Crippen LogP contribution < -0.4 is 0 Å². The molecule has 0 unspecified atom stereocenters. The Morgan fingerprint density at radius 1 is 1.20 bits per heavy atom. The molecule has 1 heterocycles. The molecule has 0 fully saturated rings. The highest BCUT2D eigenvalue weighted by molar-refractivity contribution is 7.09. The first-order valence-corrected chi connectivity index (χ1v) is 9.88. The van der Waals surface area contributed by atoms with Crippen molar-refractivity contribution in [1.29, 1.82) is 0 Å². The monoisotopic (exact) mass is 370 g/mol. The van der Waals surface area contributed by atoms with Crippen molar-refractivity contribution in [2.45, 2.75) is 58.9 Å². The normalized spacial score (nSPS) is 10.7. The Balaban J connectivity index is 2.56. The van der Waals surface area contributed by atoms with E-state index in [0.29, 0.717) is 38.4 Å². The summed E-state index contributed by atoms with van der Waals surface area (Å²) < 4.78 is 10.1. The molecule has 25 heavy (non-hydrogen) atoms. The Labute approximate surface area is 154 Å². The molecule has 0 saturated heterocycles. The molecule has 0 aliphatic rings. The molecule has 0 spiro atoms. The largest absolute Gasteiger partial charge is 0.461 e. The van der Waals surface area contributed by atoms with Gasteiger partial charge in [0.25, 0.3) is 0 Å². The second-order valence-corrected chi connectivity index (χ2v) is 6.76. The molecule has 1 aromatic rings. The maximum absolute atomic E-state index is 12.5. The number of hydrogen-bond acceptors (Lipinski definition) is 6. The van der Waals surface area contributed by atoms with E-state index in [9.17, 15) is 9.59 Å². The minimum absolute atomic E-state index is 0.112. The number of thiazole rings is 1. The van der Waals surface area contributed by atoms with Crippen LogP contribution in [0.4, 0.5) is 0 Å². The lowest BCUT2D eigenvalue weighted by Gasteiger charge is -2.21. The van der Waals surface area contributed by atoms with E-state index in [-0.39, 0.29) is 5.91 Å². The number of methoxy groups -OCH3 is 1. The number of carbonyl (C=O) groups is 2. The minimum atomic E-state index is -0.421. The molecule has 7 heteroatoms. The number of rotatable bonds is 13. The number of hydrogen-bond donors (Lipinski definition) is 0. The minimum Gasteiger partial charge on any atom is -0.461 e. The van der Waals surface area contributed by atoms with Crippen LogP contribution in [0.2, 0.25) is 0 Å². The van der Waals surface area contributed by atoms with E-state index >= 15 is 0 Å². The van der Waals surface area contributed by atoms with Gasteiger partial charge in [-0.1, -0.05) is 32.6 Å². The number of aromatic nitrogens is 1.